The molecule has 7 heteroatoms. The molecule has 0 amide bonds. The third kappa shape index (κ3) is 5.19. The molecule has 0 fully saturated rings. The van der Waals surface area contributed by atoms with Crippen LogP contribution in [0.3, 0.4) is 0 Å². The van der Waals surface area contributed by atoms with E-state index in [1.54, 1.807) is 0 Å². The second-order valence-electron chi connectivity index (χ2n) is 4.91. The summed E-state index contributed by atoms with van der Waals surface area (Å²) in [5.41, 5.74) is -0.899. The Morgan fingerprint density at radius 3 is 2.40 bits per heavy atom. The molecule has 1 N–H and O–H groups in total. The van der Waals surface area contributed by atoms with Crippen molar-refractivity contribution < 1.29 is 13.2 Å². The second kappa shape index (κ2) is 7.15. The summed E-state index contributed by atoms with van der Waals surface area (Å²) in [6.45, 7) is 8.51. The molecule has 0 radical (unpaired) electrons. The summed E-state index contributed by atoms with van der Waals surface area (Å²) in [6.07, 6.45) is -3.66. The van der Waals surface area contributed by atoms with Gasteiger partial charge in [0.1, 0.15) is 5.03 Å². The van der Waals surface area contributed by atoms with Gasteiger partial charge in [-0.3, -0.25) is 0 Å². The first kappa shape index (κ1) is 17.1. The average molecular weight is 307 g/mol. The number of hydrogen-bond donors (Lipinski definition) is 1. The lowest BCUT2D eigenvalue weighted by Gasteiger charge is -2.16. The Bertz CT molecular complexity index is 435. The monoisotopic (exact) mass is 307 g/mol. The maximum Gasteiger partial charge on any atom is 0.433 e. The average Bonchev–Trinajstić information content (AvgIpc) is 2.34. The number of nitrogens with one attached hydrogen (secondary N) is 1. The van der Waals surface area contributed by atoms with Crippen molar-refractivity contribution in [3.8, 4) is 0 Å². The summed E-state index contributed by atoms with van der Waals surface area (Å²) in [4.78, 5) is 7.68. The molecule has 0 bridgehead atoms. The van der Waals surface area contributed by atoms with Crippen molar-refractivity contribution in [3.63, 3.8) is 0 Å². The topological polar surface area (TPSA) is 37.8 Å². The number of aromatic nitrogens is 2. The first-order valence-electron chi connectivity index (χ1n) is 6.60. The Morgan fingerprint density at radius 2 is 1.90 bits per heavy atom. The van der Waals surface area contributed by atoms with Gasteiger partial charge in [0.2, 0.25) is 5.95 Å². The summed E-state index contributed by atoms with van der Waals surface area (Å²) in [6, 6.07) is 1.01. The van der Waals surface area contributed by atoms with E-state index in [0.29, 0.717) is 17.5 Å². The van der Waals surface area contributed by atoms with Crippen LogP contribution in [0.5, 0.6) is 0 Å². The molecule has 1 unspecified atom stereocenters. The van der Waals surface area contributed by atoms with Crippen LogP contribution in [0.15, 0.2) is 11.1 Å². The second-order valence-corrected chi connectivity index (χ2v) is 6.30. The lowest BCUT2D eigenvalue weighted by molar-refractivity contribution is -0.141. The predicted molar refractivity (Wildman–Crippen MR) is 76.0 cm³/mol. The van der Waals surface area contributed by atoms with Crippen LogP contribution in [-0.2, 0) is 6.18 Å². The summed E-state index contributed by atoms with van der Waals surface area (Å²) in [7, 11) is 0. The first-order valence-corrected chi connectivity index (χ1v) is 7.48. The first-order chi connectivity index (χ1) is 9.24. The quantitative estimate of drug-likeness (QED) is 0.622. The van der Waals surface area contributed by atoms with Gasteiger partial charge in [0.15, 0.2) is 5.69 Å². The molecule has 0 saturated heterocycles. The highest BCUT2D eigenvalue weighted by atomic mass is 32.2. The fourth-order valence-corrected chi connectivity index (χ4v) is 2.24. The van der Waals surface area contributed by atoms with Gasteiger partial charge in [-0.1, -0.05) is 27.7 Å². The predicted octanol–water partition coefficient (Wildman–Crippen LogP) is 4.45. The van der Waals surface area contributed by atoms with E-state index >= 15 is 0 Å². The highest BCUT2D eigenvalue weighted by molar-refractivity contribution is 7.99. The minimum Gasteiger partial charge on any atom is -0.354 e. The Labute approximate surface area is 121 Å². The van der Waals surface area contributed by atoms with Crippen LogP contribution in [-0.4, -0.2) is 21.8 Å². The van der Waals surface area contributed by atoms with Gasteiger partial charge in [-0.05, 0) is 12.3 Å². The van der Waals surface area contributed by atoms with E-state index in [2.05, 4.69) is 15.3 Å². The third-order valence-electron chi connectivity index (χ3n) is 2.77. The molecule has 0 aliphatic heterocycles. The fraction of sp³-hybridized carbons (Fsp3) is 0.692. The van der Waals surface area contributed by atoms with Crippen LogP contribution in [0, 0.1) is 5.92 Å². The minimum absolute atomic E-state index is 0.0418. The molecule has 1 atom stereocenters. The van der Waals surface area contributed by atoms with Gasteiger partial charge in [-0.15, -0.1) is 11.8 Å². The van der Waals surface area contributed by atoms with Crippen LogP contribution in [0.1, 0.15) is 39.8 Å². The number of hydrogen-bond acceptors (Lipinski definition) is 4. The van der Waals surface area contributed by atoms with Crippen molar-refractivity contribution in [1.82, 2.24) is 9.97 Å². The minimum atomic E-state index is -4.46. The van der Waals surface area contributed by atoms with Gasteiger partial charge in [0.25, 0.3) is 0 Å². The van der Waals surface area contributed by atoms with E-state index in [1.807, 2.05) is 27.7 Å². The Balaban J connectivity index is 3.03. The summed E-state index contributed by atoms with van der Waals surface area (Å²) in [5, 5.41) is 3.35. The molecule has 0 aliphatic carbocycles. The largest absolute Gasteiger partial charge is 0.433 e. The molecular formula is C13H20F3N3S. The number of thioether (sulfide) groups is 1. The van der Waals surface area contributed by atoms with Gasteiger partial charge in [-0.25, -0.2) is 9.97 Å². The molecule has 1 aromatic heterocycles. The Hall–Kier alpha value is -0.980. The number of nitrogens with zero attached hydrogens (tertiary/aromatic N) is 2. The highest BCUT2D eigenvalue weighted by Gasteiger charge is 2.34. The zero-order chi connectivity index (χ0) is 15.3. The summed E-state index contributed by atoms with van der Waals surface area (Å²) >= 11 is 1.34. The van der Waals surface area contributed by atoms with Gasteiger partial charge in [-0.2, -0.15) is 13.2 Å². The molecule has 0 aromatic carbocycles. The zero-order valence-electron chi connectivity index (χ0n) is 12.1. The molecular weight excluding hydrogens is 287 g/mol. The zero-order valence-corrected chi connectivity index (χ0v) is 12.9. The van der Waals surface area contributed by atoms with Crippen molar-refractivity contribution in [2.45, 2.75) is 50.6 Å². The van der Waals surface area contributed by atoms with Gasteiger partial charge in [0, 0.05) is 17.9 Å². The molecule has 0 spiro atoms. The van der Waals surface area contributed by atoms with E-state index < -0.39 is 11.9 Å². The van der Waals surface area contributed by atoms with Crippen molar-refractivity contribution in [1.29, 1.82) is 0 Å². The van der Waals surface area contributed by atoms with Crippen LogP contribution in [0.25, 0.3) is 0 Å². The number of anilines is 1. The maximum atomic E-state index is 12.8. The maximum absolute atomic E-state index is 12.8. The normalized spacial score (nSPS) is 13.6. The molecule has 1 rings (SSSR count). The van der Waals surface area contributed by atoms with Crippen molar-refractivity contribution in [2.24, 2.45) is 5.92 Å². The summed E-state index contributed by atoms with van der Waals surface area (Å²) in [5.74, 6) is 0.400. The molecule has 1 aromatic rings. The standard InChI is InChI=1S/C13H20F3N3S/c1-5-6-17-12-18-10(13(14,15)16)7-11(19-12)20-9(4)8(2)3/h7-9H,5-6H2,1-4H3,(H,17,18,19). The molecule has 0 aliphatic rings. The molecule has 3 nitrogen and oxygen atoms in total. The lowest BCUT2D eigenvalue weighted by atomic mass is 10.2. The van der Waals surface area contributed by atoms with Gasteiger partial charge in [0.05, 0.1) is 0 Å². The molecule has 20 heavy (non-hydrogen) atoms. The molecule has 0 saturated carbocycles. The van der Waals surface area contributed by atoms with Gasteiger partial charge < -0.3 is 5.32 Å². The van der Waals surface area contributed by atoms with Crippen molar-refractivity contribution >= 4 is 17.7 Å². The molecule has 1 heterocycles. The smallest absolute Gasteiger partial charge is 0.354 e. The van der Waals surface area contributed by atoms with E-state index in [0.717, 1.165) is 12.5 Å². The van der Waals surface area contributed by atoms with E-state index in [4.69, 9.17) is 0 Å². The molecule has 114 valence electrons. The highest BCUT2D eigenvalue weighted by Crippen LogP contribution is 2.33. The lowest BCUT2D eigenvalue weighted by Crippen LogP contribution is -2.14. The van der Waals surface area contributed by atoms with Crippen molar-refractivity contribution in [3.05, 3.63) is 11.8 Å². The van der Waals surface area contributed by atoms with Crippen LogP contribution < -0.4 is 5.32 Å². The summed E-state index contributed by atoms with van der Waals surface area (Å²) < 4.78 is 38.5. The van der Waals surface area contributed by atoms with E-state index in [1.165, 1.54) is 11.8 Å². The number of alkyl halides is 3. The number of rotatable bonds is 6. The van der Waals surface area contributed by atoms with Crippen LogP contribution in [0.4, 0.5) is 19.1 Å². The Morgan fingerprint density at radius 1 is 1.25 bits per heavy atom. The van der Waals surface area contributed by atoms with Crippen LogP contribution in [0.2, 0.25) is 0 Å². The third-order valence-corrected chi connectivity index (χ3v) is 4.14. The van der Waals surface area contributed by atoms with E-state index in [-0.39, 0.29) is 11.2 Å². The Kier molecular flexibility index (Phi) is 6.10. The van der Waals surface area contributed by atoms with Crippen LogP contribution >= 0.6 is 11.8 Å². The van der Waals surface area contributed by atoms with Gasteiger partial charge >= 0.3 is 6.18 Å². The fourth-order valence-electron chi connectivity index (χ4n) is 1.27. The van der Waals surface area contributed by atoms with E-state index in [9.17, 15) is 13.2 Å². The van der Waals surface area contributed by atoms with Crippen molar-refractivity contribution in [2.75, 3.05) is 11.9 Å². The number of halogens is 3. The SMILES string of the molecule is CCCNc1nc(SC(C)C(C)C)cc(C(F)(F)F)n1.